The quantitative estimate of drug-likeness (QED) is 0.319. The van der Waals surface area contributed by atoms with Crippen molar-refractivity contribution in [1.82, 2.24) is 10.3 Å². The van der Waals surface area contributed by atoms with Gasteiger partial charge in [-0.25, -0.2) is 15.6 Å². The molecule has 2 amide bonds. The molecule has 0 saturated carbocycles. The van der Waals surface area contributed by atoms with Crippen molar-refractivity contribution in [3.63, 3.8) is 0 Å². The average Bonchev–Trinajstić information content (AvgIpc) is 2.42. The number of anilines is 1. The van der Waals surface area contributed by atoms with Gasteiger partial charge in [-0.05, 0) is 18.6 Å². The summed E-state index contributed by atoms with van der Waals surface area (Å²) in [6, 6.07) is 3.20. The van der Waals surface area contributed by atoms with Crippen LogP contribution in [0.5, 0.6) is 0 Å². The van der Waals surface area contributed by atoms with Crippen molar-refractivity contribution in [1.29, 1.82) is 0 Å². The molecule has 1 aromatic heterocycles. The van der Waals surface area contributed by atoms with Gasteiger partial charge in [-0.1, -0.05) is 6.92 Å². The van der Waals surface area contributed by atoms with Gasteiger partial charge in [0.25, 0.3) is 5.91 Å². The number of primary amides is 1. The lowest BCUT2D eigenvalue weighted by molar-refractivity contribution is 0.0936. The van der Waals surface area contributed by atoms with Gasteiger partial charge in [-0.2, -0.15) is 0 Å². The maximum absolute atomic E-state index is 11.8. The number of rotatable bonds is 6. The van der Waals surface area contributed by atoms with Gasteiger partial charge in [0.1, 0.15) is 12.4 Å². The van der Waals surface area contributed by atoms with Gasteiger partial charge in [0.05, 0.1) is 6.54 Å². The fourth-order valence-electron chi connectivity index (χ4n) is 1.39. The molecule has 6 N–H and O–H groups in total. The summed E-state index contributed by atoms with van der Waals surface area (Å²) in [5.74, 6) is 5.39. The van der Waals surface area contributed by atoms with E-state index >= 15 is 0 Å². The van der Waals surface area contributed by atoms with Crippen LogP contribution in [0.25, 0.3) is 0 Å². The fraction of sp³-hybridized carbons (Fsp3) is 0.364. The van der Waals surface area contributed by atoms with Crippen molar-refractivity contribution in [2.75, 3.05) is 18.6 Å². The third kappa shape index (κ3) is 4.80. The number of hydrazine groups is 1. The Morgan fingerprint density at radius 2 is 2.16 bits per heavy atom. The molecular weight excluding hydrogens is 250 g/mol. The second kappa shape index (κ2) is 7.17. The van der Waals surface area contributed by atoms with E-state index in [0.717, 1.165) is 5.69 Å². The first-order valence-electron chi connectivity index (χ1n) is 5.74. The molecule has 0 saturated heterocycles. The van der Waals surface area contributed by atoms with E-state index in [0.29, 0.717) is 17.8 Å². The number of carbonyl (C=O) groups is 2. The van der Waals surface area contributed by atoms with Crippen molar-refractivity contribution >= 4 is 17.8 Å². The van der Waals surface area contributed by atoms with Gasteiger partial charge < -0.3 is 21.2 Å². The highest BCUT2D eigenvalue weighted by Crippen LogP contribution is 2.10. The number of nitrogens with zero attached hydrogens (tertiary/aromatic N) is 1. The highest BCUT2D eigenvalue weighted by molar-refractivity contribution is 5.95. The number of aryl methyl sites for hydroxylation is 1. The second-order valence-corrected chi connectivity index (χ2v) is 3.65. The number of ether oxygens (including phenoxy) is 1. The van der Waals surface area contributed by atoms with Gasteiger partial charge in [0.15, 0.2) is 0 Å². The molecule has 0 bridgehead atoms. The first-order chi connectivity index (χ1) is 9.06. The number of amides is 2. The number of hydrogen-bond acceptors (Lipinski definition) is 6. The smallest absolute Gasteiger partial charge is 0.404 e. The summed E-state index contributed by atoms with van der Waals surface area (Å²) in [4.78, 5) is 26.4. The van der Waals surface area contributed by atoms with E-state index in [-0.39, 0.29) is 19.1 Å². The molecule has 8 heteroatoms. The molecule has 0 fully saturated rings. The number of pyridine rings is 1. The standard InChI is InChI=1S/C11H17N5O3/c1-2-8-5-7(6-9(15-8)16-13)10(17)14-3-4-19-11(12)18/h5-6H,2-4,13H2,1H3,(H2,12,18)(H,14,17)(H,15,16). The summed E-state index contributed by atoms with van der Waals surface area (Å²) >= 11 is 0. The second-order valence-electron chi connectivity index (χ2n) is 3.65. The number of nitrogens with one attached hydrogen (secondary N) is 2. The molecule has 8 nitrogen and oxygen atoms in total. The van der Waals surface area contributed by atoms with Crippen molar-refractivity contribution in [2.24, 2.45) is 11.6 Å². The Morgan fingerprint density at radius 3 is 2.74 bits per heavy atom. The molecule has 0 aliphatic rings. The molecule has 1 heterocycles. The van der Waals surface area contributed by atoms with Crippen LogP contribution in [0.3, 0.4) is 0 Å². The van der Waals surface area contributed by atoms with Crippen LogP contribution in [0.1, 0.15) is 23.0 Å². The molecule has 0 aliphatic carbocycles. The Morgan fingerprint density at radius 1 is 1.42 bits per heavy atom. The molecule has 0 aliphatic heterocycles. The van der Waals surface area contributed by atoms with Gasteiger partial charge in [0, 0.05) is 11.3 Å². The Hall–Kier alpha value is -2.35. The van der Waals surface area contributed by atoms with Gasteiger partial charge in [0.2, 0.25) is 0 Å². The number of hydrogen-bond donors (Lipinski definition) is 4. The minimum absolute atomic E-state index is 0.0226. The summed E-state index contributed by atoms with van der Waals surface area (Å²) in [6.45, 7) is 2.12. The normalized spacial score (nSPS) is 9.79. The largest absolute Gasteiger partial charge is 0.448 e. The van der Waals surface area contributed by atoms with Crippen LogP contribution in [0.2, 0.25) is 0 Å². The molecule has 19 heavy (non-hydrogen) atoms. The first-order valence-corrected chi connectivity index (χ1v) is 5.74. The number of aromatic nitrogens is 1. The summed E-state index contributed by atoms with van der Waals surface area (Å²) in [6.07, 6.45) is -0.193. The third-order valence-electron chi connectivity index (χ3n) is 2.28. The Bertz CT molecular complexity index is 441. The number of nitrogens with two attached hydrogens (primary N) is 2. The van der Waals surface area contributed by atoms with Crippen molar-refractivity contribution < 1.29 is 14.3 Å². The van der Waals surface area contributed by atoms with Crippen LogP contribution in [-0.2, 0) is 11.2 Å². The Kier molecular flexibility index (Phi) is 5.55. The van der Waals surface area contributed by atoms with E-state index in [4.69, 9.17) is 11.6 Å². The average molecular weight is 267 g/mol. The zero-order valence-corrected chi connectivity index (χ0v) is 10.6. The van der Waals surface area contributed by atoms with Gasteiger partial charge in [-0.3, -0.25) is 4.79 Å². The highest BCUT2D eigenvalue weighted by Gasteiger charge is 2.09. The van der Waals surface area contributed by atoms with E-state index in [1.165, 1.54) is 6.07 Å². The maximum atomic E-state index is 11.8. The van der Waals surface area contributed by atoms with Crippen molar-refractivity contribution in [3.8, 4) is 0 Å². The molecule has 0 spiro atoms. The lowest BCUT2D eigenvalue weighted by Crippen LogP contribution is -2.29. The fourth-order valence-corrected chi connectivity index (χ4v) is 1.39. The van der Waals surface area contributed by atoms with E-state index in [1.807, 2.05) is 6.92 Å². The van der Waals surface area contributed by atoms with Crippen LogP contribution < -0.4 is 22.3 Å². The van der Waals surface area contributed by atoms with E-state index in [1.54, 1.807) is 6.07 Å². The van der Waals surface area contributed by atoms with Crippen LogP contribution in [0.15, 0.2) is 12.1 Å². The predicted molar refractivity (Wildman–Crippen MR) is 69.3 cm³/mol. The lowest BCUT2D eigenvalue weighted by Gasteiger charge is -2.08. The summed E-state index contributed by atoms with van der Waals surface area (Å²) in [5.41, 5.74) is 8.37. The Balaban J connectivity index is 2.63. The number of carbonyl (C=O) groups excluding carboxylic acids is 2. The van der Waals surface area contributed by atoms with Crippen molar-refractivity contribution in [2.45, 2.75) is 13.3 Å². The van der Waals surface area contributed by atoms with Crippen LogP contribution in [0, 0.1) is 0 Å². The molecule has 0 radical (unpaired) electrons. The Labute approximate surface area is 110 Å². The molecule has 104 valence electrons. The predicted octanol–water partition coefficient (Wildman–Crippen LogP) is -0.245. The molecule has 0 aromatic carbocycles. The van der Waals surface area contributed by atoms with E-state index in [9.17, 15) is 9.59 Å². The maximum Gasteiger partial charge on any atom is 0.404 e. The van der Waals surface area contributed by atoms with Crippen LogP contribution in [0.4, 0.5) is 10.6 Å². The van der Waals surface area contributed by atoms with Crippen molar-refractivity contribution in [3.05, 3.63) is 23.4 Å². The zero-order valence-electron chi connectivity index (χ0n) is 10.6. The monoisotopic (exact) mass is 267 g/mol. The minimum atomic E-state index is -0.874. The summed E-state index contributed by atoms with van der Waals surface area (Å²) in [5, 5.41) is 2.59. The number of nitrogen functional groups attached to an aromatic ring is 1. The lowest BCUT2D eigenvalue weighted by atomic mass is 10.2. The van der Waals surface area contributed by atoms with E-state index < -0.39 is 6.09 Å². The molecule has 0 atom stereocenters. The first kappa shape index (κ1) is 14.7. The van der Waals surface area contributed by atoms with E-state index in [2.05, 4.69) is 20.5 Å². The van der Waals surface area contributed by atoms with Gasteiger partial charge in [-0.15, -0.1) is 0 Å². The van der Waals surface area contributed by atoms with Crippen LogP contribution in [-0.4, -0.2) is 30.1 Å². The summed E-state index contributed by atoms with van der Waals surface area (Å²) < 4.78 is 4.50. The molecule has 1 rings (SSSR count). The SMILES string of the molecule is CCc1cc(C(=O)NCCOC(N)=O)cc(NN)n1. The topological polar surface area (TPSA) is 132 Å². The highest BCUT2D eigenvalue weighted by atomic mass is 16.5. The third-order valence-corrected chi connectivity index (χ3v) is 2.28. The minimum Gasteiger partial charge on any atom is -0.448 e. The molecule has 0 unspecified atom stereocenters. The summed E-state index contributed by atoms with van der Waals surface area (Å²) in [7, 11) is 0. The molecular formula is C11H17N5O3. The van der Waals surface area contributed by atoms with Gasteiger partial charge >= 0.3 is 6.09 Å². The molecule has 1 aromatic rings. The zero-order chi connectivity index (χ0) is 14.3. The van der Waals surface area contributed by atoms with Crippen LogP contribution >= 0.6 is 0 Å².